The standard InChI is InChI=1S/C14H28N2O/c1-12-8-9-16(14(11-17)10-15-12)13-6-4-2-3-5-7-13/h12-15,17H,2-11H2,1H3. The van der Waals surface area contributed by atoms with Crippen molar-refractivity contribution in [3.63, 3.8) is 0 Å². The lowest BCUT2D eigenvalue weighted by Crippen LogP contribution is -2.48. The first-order chi connectivity index (χ1) is 8.31. The summed E-state index contributed by atoms with van der Waals surface area (Å²) < 4.78 is 0. The summed E-state index contributed by atoms with van der Waals surface area (Å²) in [6.45, 7) is 4.67. The molecule has 0 amide bonds. The van der Waals surface area contributed by atoms with E-state index in [1.54, 1.807) is 0 Å². The number of hydrogen-bond acceptors (Lipinski definition) is 3. The molecule has 2 rings (SSSR count). The number of nitrogens with one attached hydrogen (secondary N) is 1. The summed E-state index contributed by atoms with van der Waals surface area (Å²) in [5, 5.41) is 13.1. The Morgan fingerprint density at radius 1 is 1.12 bits per heavy atom. The SMILES string of the molecule is CC1CCN(C2CCCCCC2)C(CO)CN1. The summed E-state index contributed by atoms with van der Waals surface area (Å²) in [5.41, 5.74) is 0. The van der Waals surface area contributed by atoms with Gasteiger partial charge in [0.25, 0.3) is 0 Å². The van der Waals surface area contributed by atoms with Crippen LogP contribution >= 0.6 is 0 Å². The van der Waals surface area contributed by atoms with Crippen molar-refractivity contribution >= 4 is 0 Å². The van der Waals surface area contributed by atoms with Gasteiger partial charge in [-0.05, 0) is 26.2 Å². The Morgan fingerprint density at radius 2 is 1.82 bits per heavy atom. The van der Waals surface area contributed by atoms with Crippen LogP contribution in [-0.4, -0.2) is 47.8 Å². The van der Waals surface area contributed by atoms with Crippen LogP contribution in [0.4, 0.5) is 0 Å². The first-order valence-electron chi connectivity index (χ1n) is 7.41. The quantitative estimate of drug-likeness (QED) is 0.722. The van der Waals surface area contributed by atoms with Gasteiger partial charge in [-0.1, -0.05) is 25.7 Å². The van der Waals surface area contributed by atoms with Gasteiger partial charge in [-0.3, -0.25) is 4.90 Å². The molecule has 2 atom stereocenters. The van der Waals surface area contributed by atoms with Gasteiger partial charge < -0.3 is 10.4 Å². The Labute approximate surface area is 106 Å². The number of nitrogens with zero attached hydrogens (tertiary/aromatic N) is 1. The van der Waals surface area contributed by atoms with Crippen molar-refractivity contribution in [1.29, 1.82) is 0 Å². The smallest absolute Gasteiger partial charge is 0.0599 e. The van der Waals surface area contributed by atoms with Crippen LogP contribution in [0.15, 0.2) is 0 Å². The van der Waals surface area contributed by atoms with Crippen molar-refractivity contribution in [2.45, 2.75) is 70.0 Å². The molecule has 0 aromatic rings. The highest BCUT2D eigenvalue weighted by Gasteiger charge is 2.28. The van der Waals surface area contributed by atoms with Crippen molar-refractivity contribution < 1.29 is 5.11 Å². The first kappa shape index (κ1) is 13.3. The first-order valence-corrected chi connectivity index (χ1v) is 7.41. The highest BCUT2D eigenvalue weighted by Crippen LogP contribution is 2.24. The third kappa shape index (κ3) is 3.67. The van der Waals surface area contributed by atoms with Crippen LogP contribution in [0, 0.1) is 0 Å². The maximum Gasteiger partial charge on any atom is 0.0599 e. The van der Waals surface area contributed by atoms with E-state index >= 15 is 0 Å². The van der Waals surface area contributed by atoms with Gasteiger partial charge in [0.15, 0.2) is 0 Å². The molecule has 17 heavy (non-hydrogen) atoms. The molecule has 0 spiro atoms. The molecule has 1 heterocycles. The molecule has 100 valence electrons. The van der Waals surface area contributed by atoms with E-state index in [9.17, 15) is 5.11 Å². The number of aliphatic hydroxyl groups is 1. The van der Waals surface area contributed by atoms with Crippen molar-refractivity contribution in [2.24, 2.45) is 0 Å². The van der Waals surface area contributed by atoms with E-state index in [2.05, 4.69) is 17.1 Å². The molecule has 1 saturated carbocycles. The molecule has 0 bridgehead atoms. The van der Waals surface area contributed by atoms with Gasteiger partial charge >= 0.3 is 0 Å². The Bertz CT molecular complexity index is 214. The minimum Gasteiger partial charge on any atom is -0.395 e. The molecule has 3 nitrogen and oxygen atoms in total. The molecule has 0 aromatic heterocycles. The molecule has 0 radical (unpaired) electrons. The van der Waals surface area contributed by atoms with E-state index in [-0.39, 0.29) is 0 Å². The second-order valence-electron chi connectivity index (χ2n) is 5.82. The fourth-order valence-corrected chi connectivity index (χ4v) is 3.32. The largest absolute Gasteiger partial charge is 0.395 e. The molecule has 2 N–H and O–H groups in total. The Balaban J connectivity index is 1.98. The molecular weight excluding hydrogens is 212 g/mol. The fraction of sp³-hybridized carbons (Fsp3) is 1.00. The predicted octanol–water partition coefficient (Wildman–Crippen LogP) is 1.75. The van der Waals surface area contributed by atoms with Crippen LogP contribution < -0.4 is 5.32 Å². The number of rotatable bonds is 2. The van der Waals surface area contributed by atoms with Crippen molar-refractivity contribution in [3.05, 3.63) is 0 Å². The molecule has 2 fully saturated rings. The van der Waals surface area contributed by atoms with Gasteiger partial charge in [0, 0.05) is 31.2 Å². The summed E-state index contributed by atoms with van der Waals surface area (Å²) in [7, 11) is 0. The monoisotopic (exact) mass is 240 g/mol. The molecule has 1 aliphatic heterocycles. The zero-order chi connectivity index (χ0) is 12.1. The van der Waals surface area contributed by atoms with E-state index in [0.29, 0.717) is 18.7 Å². The molecule has 2 unspecified atom stereocenters. The fourth-order valence-electron chi connectivity index (χ4n) is 3.32. The Hall–Kier alpha value is -0.120. The second-order valence-corrected chi connectivity index (χ2v) is 5.82. The highest BCUT2D eigenvalue weighted by atomic mass is 16.3. The lowest BCUT2D eigenvalue weighted by atomic mass is 10.0. The van der Waals surface area contributed by atoms with Crippen LogP contribution in [0.5, 0.6) is 0 Å². The van der Waals surface area contributed by atoms with E-state index in [1.165, 1.54) is 44.9 Å². The van der Waals surface area contributed by atoms with Gasteiger partial charge in [0.1, 0.15) is 0 Å². The van der Waals surface area contributed by atoms with Crippen LogP contribution in [0.25, 0.3) is 0 Å². The van der Waals surface area contributed by atoms with Crippen molar-refractivity contribution in [1.82, 2.24) is 10.2 Å². The number of hydrogen-bond donors (Lipinski definition) is 2. The molecule has 1 saturated heterocycles. The molecule has 0 aromatic carbocycles. The van der Waals surface area contributed by atoms with Crippen LogP contribution in [-0.2, 0) is 0 Å². The topological polar surface area (TPSA) is 35.5 Å². The minimum atomic E-state index is 0.302. The second kappa shape index (κ2) is 6.72. The highest BCUT2D eigenvalue weighted by molar-refractivity contribution is 4.86. The average Bonchev–Trinajstić information content (AvgIpc) is 2.69. The third-order valence-electron chi connectivity index (χ3n) is 4.50. The maximum atomic E-state index is 9.59. The van der Waals surface area contributed by atoms with E-state index in [0.717, 1.165) is 19.1 Å². The molecule has 2 aliphatic rings. The third-order valence-corrected chi connectivity index (χ3v) is 4.50. The van der Waals surface area contributed by atoms with Gasteiger partial charge in [-0.2, -0.15) is 0 Å². The van der Waals surface area contributed by atoms with Gasteiger partial charge in [0.2, 0.25) is 0 Å². The Morgan fingerprint density at radius 3 is 2.47 bits per heavy atom. The Kier molecular flexibility index (Phi) is 5.26. The van der Waals surface area contributed by atoms with Crippen molar-refractivity contribution in [3.8, 4) is 0 Å². The normalized spacial score (nSPS) is 34.2. The van der Waals surface area contributed by atoms with Gasteiger partial charge in [-0.25, -0.2) is 0 Å². The predicted molar refractivity (Wildman–Crippen MR) is 71.2 cm³/mol. The zero-order valence-electron chi connectivity index (χ0n) is 11.2. The van der Waals surface area contributed by atoms with Crippen LogP contribution in [0.2, 0.25) is 0 Å². The summed E-state index contributed by atoms with van der Waals surface area (Å²) in [4.78, 5) is 2.60. The lowest BCUT2D eigenvalue weighted by molar-refractivity contribution is 0.0836. The van der Waals surface area contributed by atoms with E-state index in [1.807, 2.05) is 0 Å². The van der Waals surface area contributed by atoms with Crippen LogP contribution in [0.3, 0.4) is 0 Å². The van der Waals surface area contributed by atoms with Gasteiger partial charge in [0.05, 0.1) is 6.61 Å². The molecule has 1 aliphatic carbocycles. The average molecular weight is 240 g/mol. The maximum absolute atomic E-state index is 9.59. The van der Waals surface area contributed by atoms with Crippen molar-refractivity contribution in [2.75, 3.05) is 19.7 Å². The summed E-state index contributed by atoms with van der Waals surface area (Å²) in [6.07, 6.45) is 9.46. The zero-order valence-corrected chi connectivity index (χ0v) is 11.2. The molecular formula is C14H28N2O. The summed E-state index contributed by atoms with van der Waals surface area (Å²) in [6, 6.07) is 1.66. The van der Waals surface area contributed by atoms with Gasteiger partial charge in [-0.15, -0.1) is 0 Å². The molecule has 3 heteroatoms. The summed E-state index contributed by atoms with van der Waals surface area (Å²) >= 11 is 0. The van der Waals surface area contributed by atoms with E-state index in [4.69, 9.17) is 0 Å². The lowest BCUT2D eigenvalue weighted by Gasteiger charge is -2.35. The number of aliphatic hydroxyl groups excluding tert-OH is 1. The van der Waals surface area contributed by atoms with Crippen LogP contribution in [0.1, 0.15) is 51.9 Å². The summed E-state index contributed by atoms with van der Waals surface area (Å²) in [5.74, 6) is 0. The van der Waals surface area contributed by atoms with E-state index < -0.39 is 0 Å². The minimum absolute atomic E-state index is 0.302.